The summed E-state index contributed by atoms with van der Waals surface area (Å²) in [7, 11) is -2.13. The topological polar surface area (TPSA) is 131 Å². The van der Waals surface area contributed by atoms with Gasteiger partial charge in [-0.05, 0) is 38.3 Å². The standard InChI is InChI=1S/C19H27N5O5S2/c1-13(18(25)20-9-4-12-29-2)21-19(26)14-7-10-24(11-8-14)31(27,28)16-6-3-5-15-17(16)23-30-22-15/h3,5-6,13-14H,4,7-12H2,1-2H3,(H,20,25)(H,21,26). The molecular formula is C19H27N5O5S2. The van der Waals surface area contributed by atoms with Crippen molar-refractivity contribution in [3.63, 3.8) is 0 Å². The number of hydrogen-bond acceptors (Lipinski definition) is 8. The quantitative estimate of drug-likeness (QED) is 0.518. The Morgan fingerprint density at radius 3 is 2.74 bits per heavy atom. The van der Waals surface area contributed by atoms with Crippen molar-refractivity contribution in [1.29, 1.82) is 0 Å². The molecule has 1 aliphatic rings. The molecule has 0 bridgehead atoms. The molecule has 12 heteroatoms. The van der Waals surface area contributed by atoms with Gasteiger partial charge in [0, 0.05) is 39.3 Å². The summed E-state index contributed by atoms with van der Waals surface area (Å²) < 4.78 is 40.7. The molecule has 2 aromatic rings. The molecule has 1 aliphatic heterocycles. The minimum atomic E-state index is -3.73. The van der Waals surface area contributed by atoms with Gasteiger partial charge in [0.2, 0.25) is 21.8 Å². The average Bonchev–Trinajstić information content (AvgIpc) is 3.25. The maximum Gasteiger partial charge on any atom is 0.245 e. The van der Waals surface area contributed by atoms with E-state index in [0.717, 1.165) is 11.7 Å². The van der Waals surface area contributed by atoms with Crippen molar-refractivity contribution in [3.05, 3.63) is 18.2 Å². The van der Waals surface area contributed by atoms with Gasteiger partial charge in [0.05, 0.1) is 11.7 Å². The lowest BCUT2D eigenvalue weighted by molar-refractivity contribution is -0.131. The fourth-order valence-electron chi connectivity index (χ4n) is 3.46. The van der Waals surface area contributed by atoms with E-state index in [9.17, 15) is 18.0 Å². The van der Waals surface area contributed by atoms with Gasteiger partial charge in [-0.15, -0.1) is 0 Å². The summed E-state index contributed by atoms with van der Waals surface area (Å²) in [6, 6.07) is 4.25. The molecule has 0 saturated carbocycles. The summed E-state index contributed by atoms with van der Waals surface area (Å²) >= 11 is 0.974. The maximum atomic E-state index is 13.1. The molecule has 1 aromatic heterocycles. The highest BCUT2D eigenvalue weighted by molar-refractivity contribution is 7.89. The third-order valence-corrected chi connectivity index (χ3v) is 7.74. The van der Waals surface area contributed by atoms with Crippen LogP contribution in [0.15, 0.2) is 23.1 Å². The Hall–Kier alpha value is -2.15. The van der Waals surface area contributed by atoms with Crippen LogP contribution in [-0.4, -0.2) is 72.7 Å². The zero-order valence-corrected chi connectivity index (χ0v) is 19.2. The Morgan fingerprint density at radius 1 is 1.29 bits per heavy atom. The lowest BCUT2D eigenvalue weighted by Gasteiger charge is -2.31. The number of aromatic nitrogens is 2. The predicted octanol–water partition coefficient (Wildman–Crippen LogP) is 0.749. The fourth-order valence-corrected chi connectivity index (χ4v) is 5.69. The number of nitrogens with zero attached hydrogens (tertiary/aromatic N) is 3. The Bertz CT molecular complexity index is 1020. The number of piperidine rings is 1. The first kappa shape index (κ1) is 23.5. The fraction of sp³-hybridized carbons (Fsp3) is 0.579. The van der Waals surface area contributed by atoms with Crippen LogP contribution in [0.4, 0.5) is 0 Å². The second-order valence-corrected chi connectivity index (χ2v) is 9.87. The van der Waals surface area contributed by atoms with Crippen LogP contribution in [0.2, 0.25) is 0 Å². The second kappa shape index (κ2) is 10.4. The summed E-state index contributed by atoms with van der Waals surface area (Å²) in [5.74, 6) is -0.830. The first-order chi connectivity index (χ1) is 14.8. The first-order valence-electron chi connectivity index (χ1n) is 10.1. The lowest BCUT2D eigenvalue weighted by Crippen LogP contribution is -2.49. The number of sulfonamides is 1. The zero-order chi connectivity index (χ0) is 22.4. The van der Waals surface area contributed by atoms with E-state index in [1.165, 1.54) is 10.4 Å². The molecule has 10 nitrogen and oxygen atoms in total. The predicted molar refractivity (Wildman–Crippen MR) is 116 cm³/mol. The van der Waals surface area contributed by atoms with Crippen LogP contribution in [0.1, 0.15) is 26.2 Å². The van der Waals surface area contributed by atoms with Gasteiger partial charge in [0.15, 0.2) is 0 Å². The van der Waals surface area contributed by atoms with Crippen LogP contribution in [0, 0.1) is 5.92 Å². The summed E-state index contributed by atoms with van der Waals surface area (Å²) in [4.78, 5) is 24.8. The molecule has 1 aromatic carbocycles. The van der Waals surface area contributed by atoms with Crippen molar-refractivity contribution in [1.82, 2.24) is 23.7 Å². The molecule has 2 amide bonds. The normalized spacial score (nSPS) is 16.8. The van der Waals surface area contributed by atoms with E-state index in [1.54, 1.807) is 26.2 Å². The van der Waals surface area contributed by atoms with Crippen LogP contribution in [0.5, 0.6) is 0 Å². The van der Waals surface area contributed by atoms with E-state index >= 15 is 0 Å². The van der Waals surface area contributed by atoms with Crippen molar-refractivity contribution in [3.8, 4) is 0 Å². The van der Waals surface area contributed by atoms with E-state index in [0.29, 0.717) is 43.4 Å². The van der Waals surface area contributed by atoms with Crippen molar-refractivity contribution in [2.45, 2.75) is 37.1 Å². The van der Waals surface area contributed by atoms with Gasteiger partial charge in [-0.2, -0.15) is 13.1 Å². The van der Waals surface area contributed by atoms with Crippen LogP contribution in [0.3, 0.4) is 0 Å². The lowest BCUT2D eigenvalue weighted by atomic mass is 9.97. The molecule has 2 N–H and O–H groups in total. The van der Waals surface area contributed by atoms with Gasteiger partial charge in [-0.1, -0.05) is 6.07 Å². The number of ether oxygens (including phenoxy) is 1. The highest BCUT2D eigenvalue weighted by atomic mass is 32.2. The number of nitrogens with one attached hydrogen (secondary N) is 2. The minimum Gasteiger partial charge on any atom is -0.385 e. The van der Waals surface area contributed by atoms with Crippen LogP contribution in [-0.2, 0) is 24.3 Å². The minimum absolute atomic E-state index is 0.139. The van der Waals surface area contributed by atoms with Gasteiger partial charge in [-0.3, -0.25) is 9.59 Å². The van der Waals surface area contributed by atoms with Crippen LogP contribution < -0.4 is 10.6 Å². The molecule has 0 spiro atoms. The number of hydrogen-bond donors (Lipinski definition) is 2. The molecule has 1 fully saturated rings. The average molecular weight is 470 g/mol. The van der Waals surface area contributed by atoms with E-state index in [4.69, 9.17) is 4.74 Å². The number of carbonyl (C=O) groups excluding carboxylic acids is 2. The highest BCUT2D eigenvalue weighted by Gasteiger charge is 2.34. The summed E-state index contributed by atoms with van der Waals surface area (Å²) in [6.07, 6.45) is 1.47. The van der Waals surface area contributed by atoms with Gasteiger partial charge in [0.25, 0.3) is 0 Å². The molecule has 1 unspecified atom stereocenters. The van der Waals surface area contributed by atoms with Gasteiger partial charge >= 0.3 is 0 Å². The number of amides is 2. The van der Waals surface area contributed by atoms with E-state index in [2.05, 4.69) is 19.4 Å². The van der Waals surface area contributed by atoms with E-state index in [-0.39, 0.29) is 35.7 Å². The maximum absolute atomic E-state index is 13.1. The van der Waals surface area contributed by atoms with E-state index < -0.39 is 16.1 Å². The molecule has 170 valence electrons. The number of rotatable bonds is 9. The number of methoxy groups -OCH3 is 1. The van der Waals surface area contributed by atoms with Crippen molar-refractivity contribution in [2.24, 2.45) is 5.92 Å². The molecule has 0 radical (unpaired) electrons. The molecule has 1 atom stereocenters. The smallest absolute Gasteiger partial charge is 0.245 e. The first-order valence-corrected chi connectivity index (χ1v) is 12.3. The molecule has 31 heavy (non-hydrogen) atoms. The second-order valence-electron chi connectivity index (χ2n) is 7.43. The Kier molecular flexibility index (Phi) is 7.92. The monoisotopic (exact) mass is 469 g/mol. The molecule has 2 heterocycles. The van der Waals surface area contributed by atoms with Crippen molar-refractivity contribution in [2.75, 3.05) is 33.4 Å². The molecule has 3 rings (SSSR count). The van der Waals surface area contributed by atoms with Crippen molar-refractivity contribution < 1.29 is 22.7 Å². The highest BCUT2D eigenvalue weighted by Crippen LogP contribution is 2.28. The number of benzene rings is 1. The molecule has 0 aliphatic carbocycles. The molecule has 1 saturated heterocycles. The van der Waals surface area contributed by atoms with Gasteiger partial charge in [-0.25, -0.2) is 8.42 Å². The Morgan fingerprint density at radius 2 is 2.03 bits per heavy atom. The third kappa shape index (κ3) is 5.56. The molecular weight excluding hydrogens is 442 g/mol. The SMILES string of the molecule is COCCCNC(=O)C(C)NC(=O)C1CCN(S(=O)(=O)c2cccc3nsnc23)CC1. The summed E-state index contributed by atoms with van der Waals surface area (Å²) in [5, 5.41) is 5.48. The largest absolute Gasteiger partial charge is 0.385 e. The third-order valence-electron chi connectivity index (χ3n) is 5.27. The number of carbonyl (C=O) groups is 2. The zero-order valence-electron chi connectivity index (χ0n) is 17.5. The van der Waals surface area contributed by atoms with E-state index in [1.807, 2.05) is 0 Å². The Balaban J connectivity index is 1.53. The van der Waals surface area contributed by atoms with Crippen LogP contribution >= 0.6 is 11.7 Å². The van der Waals surface area contributed by atoms with Gasteiger partial charge < -0.3 is 15.4 Å². The Labute approximate surface area is 185 Å². The summed E-state index contributed by atoms with van der Waals surface area (Å²) in [6.45, 7) is 3.12. The van der Waals surface area contributed by atoms with Crippen LogP contribution in [0.25, 0.3) is 11.0 Å². The number of fused-ring (bicyclic) bond motifs is 1. The van der Waals surface area contributed by atoms with Gasteiger partial charge in [0.1, 0.15) is 22.0 Å². The summed E-state index contributed by atoms with van der Waals surface area (Å²) in [5.41, 5.74) is 0.924. The van der Waals surface area contributed by atoms with Crippen molar-refractivity contribution >= 4 is 44.6 Å².